The van der Waals surface area contributed by atoms with Gasteiger partial charge >= 0.3 is 0 Å². The van der Waals surface area contributed by atoms with Crippen molar-refractivity contribution in [2.75, 3.05) is 13.2 Å². The lowest BCUT2D eigenvalue weighted by Gasteiger charge is -2.11. The van der Waals surface area contributed by atoms with E-state index in [9.17, 15) is 4.79 Å². The van der Waals surface area contributed by atoms with Gasteiger partial charge in [-0.15, -0.1) is 5.10 Å². The highest BCUT2D eigenvalue weighted by Crippen LogP contribution is 2.25. The number of hydrogen-bond acceptors (Lipinski definition) is 6. The van der Waals surface area contributed by atoms with Crippen LogP contribution in [0.4, 0.5) is 0 Å². The molecule has 0 saturated carbocycles. The Bertz CT molecular complexity index is 383. The first kappa shape index (κ1) is 12.3. The highest BCUT2D eigenvalue weighted by molar-refractivity contribution is 8.00. The van der Waals surface area contributed by atoms with Gasteiger partial charge in [-0.05, 0) is 23.3 Å². The van der Waals surface area contributed by atoms with Gasteiger partial charge in [0, 0.05) is 6.54 Å². The van der Waals surface area contributed by atoms with E-state index >= 15 is 0 Å². The quantitative estimate of drug-likeness (QED) is 0.750. The molecule has 0 aromatic carbocycles. The Morgan fingerprint density at radius 3 is 3.24 bits per heavy atom. The van der Waals surface area contributed by atoms with E-state index < -0.39 is 0 Å². The van der Waals surface area contributed by atoms with E-state index in [2.05, 4.69) is 20.8 Å². The van der Waals surface area contributed by atoms with Crippen molar-refractivity contribution in [3.63, 3.8) is 0 Å². The lowest BCUT2D eigenvalue weighted by molar-refractivity contribution is -0.120. The van der Waals surface area contributed by atoms with Crippen LogP contribution in [-0.4, -0.2) is 49.6 Å². The van der Waals surface area contributed by atoms with Gasteiger partial charge in [-0.3, -0.25) is 4.79 Å². The molecule has 1 aromatic rings. The molecule has 1 amide bonds. The van der Waals surface area contributed by atoms with Gasteiger partial charge in [-0.25, -0.2) is 4.68 Å². The number of amides is 1. The zero-order valence-electron chi connectivity index (χ0n) is 9.37. The van der Waals surface area contributed by atoms with E-state index in [-0.39, 0.29) is 17.8 Å². The first-order valence-corrected chi connectivity index (χ1v) is 6.50. The number of rotatable bonds is 4. The van der Waals surface area contributed by atoms with Crippen molar-refractivity contribution in [2.45, 2.75) is 36.2 Å². The molecular formula is C9H15N5O2S. The second kappa shape index (κ2) is 5.97. The molecule has 94 valence electrons. The summed E-state index contributed by atoms with van der Waals surface area (Å²) >= 11 is 1.36. The number of thioether (sulfide) groups is 1. The van der Waals surface area contributed by atoms with Crippen LogP contribution in [0.15, 0.2) is 5.16 Å². The number of aliphatic hydroxyl groups is 1. The van der Waals surface area contributed by atoms with Crippen molar-refractivity contribution in [1.82, 2.24) is 25.5 Å². The number of aromatic nitrogens is 4. The van der Waals surface area contributed by atoms with Gasteiger partial charge in [0.1, 0.15) is 0 Å². The monoisotopic (exact) mass is 257 g/mol. The number of nitrogens with zero attached hydrogens (tertiary/aromatic N) is 4. The Labute approximate surface area is 103 Å². The SMILES string of the molecule is O=C1NCCCCC1Sc1nnnn1CCO. The number of carbonyl (C=O) groups excluding carboxylic acids is 1. The maximum Gasteiger partial charge on any atom is 0.233 e. The largest absolute Gasteiger partial charge is 0.394 e. The maximum atomic E-state index is 11.8. The maximum absolute atomic E-state index is 11.8. The fourth-order valence-corrected chi connectivity index (χ4v) is 2.73. The first-order chi connectivity index (χ1) is 8.31. The second-order valence-electron chi connectivity index (χ2n) is 3.80. The highest BCUT2D eigenvalue weighted by Gasteiger charge is 2.24. The Balaban J connectivity index is 2.02. The van der Waals surface area contributed by atoms with Gasteiger partial charge in [-0.2, -0.15) is 0 Å². The summed E-state index contributed by atoms with van der Waals surface area (Å²) in [4.78, 5) is 11.8. The molecule has 1 aliphatic rings. The molecule has 1 aliphatic heterocycles. The minimum absolute atomic E-state index is 0.0184. The molecule has 1 aromatic heterocycles. The summed E-state index contributed by atoms with van der Waals surface area (Å²) in [6.07, 6.45) is 2.88. The van der Waals surface area contributed by atoms with Crippen molar-refractivity contribution >= 4 is 17.7 Å². The molecule has 2 rings (SSSR count). The van der Waals surface area contributed by atoms with Gasteiger partial charge in [0.2, 0.25) is 11.1 Å². The van der Waals surface area contributed by atoms with E-state index in [1.54, 1.807) is 0 Å². The Hall–Kier alpha value is -1.15. The molecule has 1 unspecified atom stereocenters. The molecule has 7 nitrogen and oxygen atoms in total. The molecule has 2 N–H and O–H groups in total. The van der Waals surface area contributed by atoms with Crippen LogP contribution in [0.3, 0.4) is 0 Å². The Kier molecular flexibility index (Phi) is 4.32. The van der Waals surface area contributed by atoms with Crippen molar-refractivity contribution in [3.05, 3.63) is 0 Å². The topological polar surface area (TPSA) is 92.9 Å². The molecule has 17 heavy (non-hydrogen) atoms. The van der Waals surface area contributed by atoms with Crippen LogP contribution in [0.5, 0.6) is 0 Å². The van der Waals surface area contributed by atoms with Crippen molar-refractivity contribution in [3.8, 4) is 0 Å². The van der Waals surface area contributed by atoms with E-state index in [4.69, 9.17) is 5.11 Å². The zero-order valence-corrected chi connectivity index (χ0v) is 10.2. The van der Waals surface area contributed by atoms with Crippen molar-refractivity contribution in [1.29, 1.82) is 0 Å². The van der Waals surface area contributed by atoms with Crippen LogP contribution in [0.1, 0.15) is 19.3 Å². The Morgan fingerprint density at radius 2 is 2.41 bits per heavy atom. The molecule has 0 spiro atoms. The number of carbonyl (C=O) groups is 1. The molecule has 8 heteroatoms. The molecule has 0 aliphatic carbocycles. The number of aliphatic hydroxyl groups excluding tert-OH is 1. The van der Waals surface area contributed by atoms with E-state index in [0.717, 1.165) is 25.8 Å². The van der Waals surface area contributed by atoms with Gasteiger partial charge in [0.05, 0.1) is 18.4 Å². The third-order valence-electron chi connectivity index (χ3n) is 2.54. The lowest BCUT2D eigenvalue weighted by atomic mass is 10.2. The minimum atomic E-state index is -0.138. The average Bonchev–Trinajstić information content (AvgIpc) is 2.64. The van der Waals surface area contributed by atoms with Gasteiger partial charge in [0.25, 0.3) is 0 Å². The van der Waals surface area contributed by atoms with Crippen molar-refractivity contribution < 1.29 is 9.90 Å². The summed E-state index contributed by atoms with van der Waals surface area (Å²) in [7, 11) is 0. The summed E-state index contributed by atoms with van der Waals surface area (Å²) in [6.45, 7) is 1.08. The van der Waals surface area contributed by atoms with Crippen LogP contribution in [0.2, 0.25) is 0 Å². The molecule has 1 atom stereocenters. The van der Waals surface area contributed by atoms with Crippen LogP contribution in [-0.2, 0) is 11.3 Å². The third kappa shape index (κ3) is 3.16. The van der Waals surface area contributed by atoms with Crippen LogP contribution < -0.4 is 5.32 Å². The van der Waals surface area contributed by atoms with Gasteiger partial charge < -0.3 is 10.4 Å². The predicted octanol–water partition coefficient (Wildman–Crippen LogP) is -0.574. The fraction of sp³-hybridized carbons (Fsp3) is 0.778. The summed E-state index contributed by atoms with van der Waals surface area (Å²) in [5.41, 5.74) is 0. The van der Waals surface area contributed by atoms with E-state index in [1.807, 2.05) is 0 Å². The second-order valence-corrected chi connectivity index (χ2v) is 4.97. The third-order valence-corrected chi connectivity index (χ3v) is 3.78. The molecule has 1 fully saturated rings. The zero-order chi connectivity index (χ0) is 12.1. The Morgan fingerprint density at radius 1 is 1.53 bits per heavy atom. The van der Waals surface area contributed by atoms with Crippen LogP contribution in [0, 0.1) is 0 Å². The highest BCUT2D eigenvalue weighted by atomic mass is 32.2. The molecule has 0 bridgehead atoms. The average molecular weight is 257 g/mol. The number of nitrogens with one attached hydrogen (secondary N) is 1. The lowest BCUT2D eigenvalue weighted by Crippen LogP contribution is -2.30. The van der Waals surface area contributed by atoms with Gasteiger partial charge in [0.15, 0.2) is 0 Å². The minimum Gasteiger partial charge on any atom is -0.394 e. The number of hydrogen-bond donors (Lipinski definition) is 2. The predicted molar refractivity (Wildman–Crippen MR) is 61.4 cm³/mol. The molecule has 1 saturated heterocycles. The summed E-state index contributed by atoms with van der Waals surface area (Å²) in [6, 6.07) is 0. The smallest absolute Gasteiger partial charge is 0.233 e. The van der Waals surface area contributed by atoms with Crippen LogP contribution >= 0.6 is 11.8 Å². The standard InChI is InChI=1S/C9H15N5O2S/c15-6-5-14-9(11-12-13-14)17-7-3-1-2-4-10-8(7)16/h7,15H,1-6H2,(H,10,16). The fourth-order valence-electron chi connectivity index (χ4n) is 1.67. The summed E-state index contributed by atoms with van der Waals surface area (Å²) in [5, 5.41) is 23.4. The summed E-state index contributed by atoms with van der Waals surface area (Å²) in [5.74, 6) is 0.0473. The normalized spacial score (nSPS) is 21.0. The molecule has 2 heterocycles. The van der Waals surface area contributed by atoms with Crippen molar-refractivity contribution in [2.24, 2.45) is 0 Å². The van der Waals surface area contributed by atoms with Crippen LogP contribution in [0.25, 0.3) is 0 Å². The van der Waals surface area contributed by atoms with E-state index in [1.165, 1.54) is 16.4 Å². The van der Waals surface area contributed by atoms with E-state index in [0.29, 0.717) is 11.7 Å². The summed E-state index contributed by atoms with van der Waals surface area (Å²) < 4.78 is 1.52. The molecular weight excluding hydrogens is 242 g/mol. The molecule has 0 radical (unpaired) electrons. The number of tetrazole rings is 1. The van der Waals surface area contributed by atoms with Gasteiger partial charge in [-0.1, -0.05) is 18.2 Å². The first-order valence-electron chi connectivity index (χ1n) is 5.62.